The van der Waals surface area contributed by atoms with E-state index >= 15 is 0 Å². The lowest BCUT2D eigenvalue weighted by atomic mass is 10.1. The van der Waals surface area contributed by atoms with Gasteiger partial charge in [-0.15, -0.1) is 0 Å². The first-order chi connectivity index (χ1) is 8.08. The number of hydrogen-bond donors (Lipinski definition) is 1. The third kappa shape index (κ3) is 3.35. The zero-order chi connectivity index (χ0) is 12.8. The fraction of sp³-hybridized carbons (Fsp3) is 0.231. The van der Waals surface area contributed by atoms with Crippen LogP contribution in [0.4, 0.5) is 0 Å². The molecule has 0 radical (unpaired) electrons. The number of rotatable bonds is 3. The van der Waals surface area contributed by atoms with Crippen LogP contribution in [0.5, 0.6) is 5.75 Å². The zero-order valence-electron chi connectivity index (χ0n) is 9.73. The molecular formula is C13H13NO3. The molecule has 1 aromatic carbocycles. The van der Waals surface area contributed by atoms with Crippen LogP contribution in [-0.2, 0) is 9.53 Å². The molecule has 88 valence electrons. The quantitative estimate of drug-likeness (QED) is 0.491. The third-order valence-corrected chi connectivity index (χ3v) is 2.15. The summed E-state index contributed by atoms with van der Waals surface area (Å²) in [4.78, 5) is 11.4. The van der Waals surface area contributed by atoms with E-state index in [1.807, 2.05) is 0 Å². The summed E-state index contributed by atoms with van der Waals surface area (Å²) in [5.41, 5.74) is 1.29. The van der Waals surface area contributed by atoms with Crippen LogP contribution in [0.15, 0.2) is 23.8 Å². The van der Waals surface area contributed by atoms with Gasteiger partial charge in [0, 0.05) is 0 Å². The van der Waals surface area contributed by atoms with Gasteiger partial charge in [-0.1, -0.05) is 6.07 Å². The number of benzene rings is 1. The molecule has 0 saturated carbocycles. The van der Waals surface area contributed by atoms with Gasteiger partial charge in [-0.25, -0.2) is 4.79 Å². The normalized spacial score (nSPS) is 10.8. The second-order valence-corrected chi connectivity index (χ2v) is 3.44. The van der Waals surface area contributed by atoms with Gasteiger partial charge in [0.25, 0.3) is 0 Å². The minimum atomic E-state index is -0.638. The van der Waals surface area contributed by atoms with Gasteiger partial charge in [-0.05, 0) is 43.2 Å². The SMILES string of the molecule is CCOC(=O)C(C#N)=Cc1ccc(O)c(C)c1. The number of aryl methyl sites for hydroxylation is 1. The van der Waals surface area contributed by atoms with E-state index in [1.54, 1.807) is 32.0 Å². The van der Waals surface area contributed by atoms with E-state index in [0.717, 1.165) is 0 Å². The molecule has 0 fully saturated rings. The largest absolute Gasteiger partial charge is 0.508 e. The molecule has 0 spiro atoms. The summed E-state index contributed by atoms with van der Waals surface area (Å²) in [6.07, 6.45) is 1.43. The molecule has 0 saturated heterocycles. The Morgan fingerprint density at radius 2 is 2.29 bits per heavy atom. The maximum Gasteiger partial charge on any atom is 0.348 e. The Kier molecular flexibility index (Phi) is 4.29. The molecule has 4 nitrogen and oxygen atoms in total. The van der Waals surface area contributed by atoms with Crippen LogP contribution in [0.25, 0.3) is 6.08 Å². The van der Waals surface area contributed by atoms with Crippen molar-refractivity contribution >= 4 is 12.0 Å². The average molecular weight is 231 g/mol. The minimum absolute atomic E-state index is 0.0584. The van der Waals surface area contributed by atoms with E-state index in [2.05, 4.69) is 0 Å². The number of ether oxygens (including phenoxy) is 1. The lowest BCUT2D eigenvalue weighted by Gasteiger charge is -2.02. The van der Waals surface area contributed by atoms with Crippen LogP contribution >= 0.6 is 0 Å². The first-order valence-electron chi connectivity index (χ1n) is 5.17. The van der Waals surface area contributed by atoms with Gasteiger partial charge in [-0.3, -0.25) is 0 Å². The van der Waals surface area contributed by atoms with E-state index in [-0.39, 0.29) is 17.9 Å². The molecule has 0 aliphatic heterocycles. The number of phenols is 1. The lowest BCUT2D eigenvalue weighted by molar-refractivity contribution is -0.137. The number of phenolic OH excluding ortho intramolecular Hbond substituents is 1. The van der Waals surface area contributed by atoms with Gasteiger partial charge in [0.05, 0.1) is 6.61 Å². The highest BCUT2D eigenvalue weighted by Crippen LogP contribution is 2.18. The Balaban J connectivity index is 3.03. The maximum absolute atomic E-state index is 11.4. The number of aromatic hydroxyl groups is 1. The highest BCUT2D eigenvalue weighted by atomic mass is 16.5. The summed E-state index contributed by atoms with van der Waals surface area (Å²) in [6, 6.07) is 6.62. The predicted molar refractivity (Wildman–Crippen MR) is 63.1 cm³/mol. The fourth-order valence-electron chi connectivity index (χ4n) is 1.28. The predicted octanol–water partition coefficient (Wildman–Crippen LogP) is 2.17. The van der Waals surface area contributed by atoms with Gasteiger partial charge < -0.3 is 9.84 Å². The lowest BCUT2D eigenvalue weighted by Crippen LogP contribution is -2.05. The van der Waals surface area contributed by atoms with E-state index in [0.29, 0.717) is 11.1 Å². The van der Waals surface area contributed by atoms with Gasteiger partial charge in [0.15, 0.2) is 0 Å². The van der Waals surface area contributed by atoms with Gasteiger partial charge in [0.2, 0.25) is 0 Å². The van der Waals surface area contributed by atoms with Crippen molar-refractivity contribution in [1.82, 2.24) is 0 Å². The van der Waals surface area contributed by atoms with Crippen molar-refractivity contribution in [2.24, 2.45) is 0 Å². The van der Waals surface area contributed by atoms with E-state index in [9.17, 15) is 9.90 Å². The van der Waals surface area contributed by atoms with Crippen molar-refractivity contribution in [2.45, 2.75) is 13.8 Å². The van der Waals surface area contributed by atoms with Crippen molar-refractivity contribution in [3.05, 3.63) is 34.9 Å². The average Bonchev–Trinajstić information content (AvgIpc) is 2.30. The summed E-state index contributed by atoms with van der Waals surface area (Å²) in [6.45, 7) is 3.65. The smallest absolute Gasteiger partial charge is 0.348 e. The molecule has 1 N–H and O–H groups in total. The Morgan fingerprint density at radius 1 is 1.59 bits per heavy atom. The Labute approximate surface area is 99.8 Å². The van der Waals surface area contributed by atoms with Gasteiger partial charge in [-0.2, -0.15) is 5.26 Å². The number of carbonyl (C=O) groups is 1. The summed E-state index contributed by atoms with van der Waals surface area (Å²) >= 11 is 0. The van der Waals surface area contributed by atoms with E-state index in [1.165, 1.54) is 12.1 Å². The molecule has 0 heterocycles. The number of carbonyl (C=O) groups excluding carboxylic acids is 1. The molecule has 0 atom stereocenters. The van der Waals surface area contributed by atoms with Crippen molar-refractivity contribution in [3.8, 4) is 11.8 Å². The third-order valence-electron chi connectivity index (χ3n) is 2.15. The zero-order valence-corrected chi connectivity index (χ0v) is 9.73. The van der Waals surface area contributed by atoms with Crippen molar-refractivity contribution in [1.29, 1.82) is 5.26 Å². The van der Waals surface area contributed by atoms with Crippen LogP contribution in [0.1, 0.15) is 18.1 Å². The molecule has 0 aliphatic rings. The Hall–Kier alpha value is -2.28. The molecule has 17 heavy (non-hydrogen) atoms. The Bertz CT molecular complexity index is 498. The second-order valence-electron chi connectivity index (χ2n) is 3.44. The number of esters is 1. The number of nitrogens with zero attached hydrogens (tertiary/aromatic N) is 1. The molecule has 0 bridgehead atoms. The molecule has 0 unspecified atom stereocenters. The van der Waals surface area contributed by atoms with Crippen LogP contribution in [0, 0.1) is 18.3 Å². The summed E-state index contributed by atoms with van der Waals surface area (Å²) in [7, 11) is 0. The van der Waals surface area contributed by atoms with Crippen molar-refractivity contribution in [2.75, 3.05) is 6.61 Å². The van der Waals surface area contributed by atoms with Crippen LogP contribution in [-0.4, -0.2) is 17.7 Å². The highest BCUT2D eigenvalue weighted by molar-refractivity contribution is 5.97. The molecule has 0 aliphatic carbocycles. The van der Waals surface area contributed by atoms with Crippen molar-refractivity contribution in [3.63, 3.8) is 0 Å². The molecular weight excluding hydrogens is 218 g/mol. The molecule has 0 aromatic heterocycles. The van der Waals surface area contributed by atoms with Crippen molar-refractivity contribution < 1.29 is 14.6 Å². The maximum atomic E-state index is 11.4. The van der Waals surface area contributed by atoms with E-state index < -0.39 is 5.97 Å². The molecule has 4 heteroatoms. The summed E-state index contributed by atoms with van der Waals surface area (Å²) in [5.74, 6) is -0.461. The van der Waals surface area contributed by atoms with Gasteiger partial charge >= 0.3 is 5.97 Å². The number of nitriles is 1. The fourth-order valence-corrected chi connectivity index (χ4v) is 1.28. The molecule has 1 rings (SSSR count). The number of hydrogen-bond acceptors (Lipinski definition) is 4. The minimum Gasteiger partial charge on any atom is -0.508 e. The second kappa shape index (κ2) is 5.71. The Morgan fingerprint density at radius 3 is 2.82 bits per heavy atom. The topological polar surface area (TPSA) is 70.3 Å². The van der Waals surface area contributed by atoms with Crippen LogP contribution in [0.2, 0.25) is 0 Å². The molecule has 1 aromatic rings. The first kappa shape index (κ1) is 12.8. The molecule has 0 amide bonds. The monoisotopic (exact) mass is 231 g/mol. The first-order valence-corrected chi connectivity index (χ1v) is 5.17. The summed E-state index contributed by atoms with van der Waals surface area (Å²) < 4.78 is 4.74. The van der Waals surface area contributed by atoms with Crippen LogP contribution in [0.3, 0.4) is 0 Å². The summed E-state index contributed by atoms with van der Waals surface area (Å²) in [5, 5.41) is 18.2. The highest BCUT2D eigenvalue weighted by Gasteiger charge is 2.09. The standard InChI is InChI=1S/C13H13NO3/c1-3-17-13(16)11(8-14)7-10-4-5-12(15)9(2)6-10/h4-7,15H,3H2,1-2H3. The van der Waals surface area contributed by atoms with E-state index in [4.69, 9.17) is 10.00 Å². The van der Waals surface area contributed by atoms with Crippen LogP contribution < -0.4 is 0 Å². The van der Waals surface area contributed by atoms with Gasteiger partial charge in [0.1, 0.15) is 17.4 Å².